The molecule has 2 N–H and O–H groups in total. The van der Waals surface area contributed by atoms with Gasteiger partial charge in [-0.25, -0.2) is 4.39 Å². The Kier molecular flexibility index (Phi) is 5.68. The molecule has 0 radical (unpaired) electrons. The Labute approximate surface area is 235 Å². The van der Waals surface area contributed by atoms with Crippen molar-refractivity contribution in [2.75, 3.05) is 0 Å². The number of carbonyl (C=O) groups excluding carboxylic acids is 4. The average Bonchev–Trinajstić information content (AvgIpc) is 3.29. The Bertz CT molecular complexity index is 1690. The predicted molar refractivity (Wildman–Crippen MR) is 148 cm³/mol. The fourth-order valence-electron chi connectivity index (χ4n) is 7.89. The van der Waals surface area contributed by atoms with Crippen LogP contribution < -0.4 is 5.32 Å². The molecule has 6 atom stereocenters. The Morgan fingerprint density at radius 3 is 2.27 bits per heavy atom. The van der Waals surface area contributed by atoms with Crippen LogP contribution >= 0.6 is 0 Å². The summed E-state index contributed by atoms with van der Waals surface area (Å²) in [6.45, 7) is 0. The molecule has 0 spiro atoms. The fourth-order valence-corrected chi connectivity index (χ4v) is 7.89. The number of phenols is 1. The van der Waals surface area contributed by atoms with Gasteiger partial charge in [0.15, 0.2) is 23.1 Å². The number of fused-ring (bicyclic) bond motifs is 4. The molecule has 1 heterocycles. The number of hydrogen-bond acceptors (Lipinski definition) is 5. The topological polar surface area (TPSA) is 101 Å². The molecular weight excluding hydrogens is 521 g/mol. The van der Waals surface area contributed by atoms with Crippen LogP contribution in [0, 0.1) is 29.5 Å². The fraction of sp³-hybridized carbons (Fsp3) is 0.235. The number of allylic oxidation sites excluding steroid dienone is 4. The van der Waals surface area contributed by atoms with Gasteiger partial charge in [-0.05, 0) is 42.0 Å². The number of imide groups is 1. The maximum Gasteiger partial charge on any atom is 0.231 e. The molecule has 1 saturated heterocycles. The normalized spacial score (nSPS) is 30.5. The highest BCUT2D eigenvalue weighted by Gasteiger charge is 2.65. The number of phenolic OH excluding ortho intramolecular Hbond substituents is 1. The Morgan fingerprint density at radius 2 is 1.54 bits per heavy atom. The van der Waals surface area contributed by atoms with Crippen LogP contribution in [0.25, 0.3) is 5.57 Å². The van der Waals surface area contributed by atoms with Gasteiger partial charge in [0.05, 0.1) is 17.3 Å². The van der Waals surface area contributed by atoms with Gasteiger partial charge in [0.1, 0.15) is 0 Å². The van der Waals surface area contributed by atoms with Gasteiger partial charge in [-0.3, -0.25) is 24.5 Å². The van der Waals surface area contributed by atoms with Crippen LogP contribution in [0.2, 0.25) is 0 Å². The number of Topliss-reactive ketones (excluding diaryl/α,β-unsaturated/α-hetero) is 1. The first-order chi connectivity index (χ1) is 19.8. The van der Waals surface area contributed by atoms with Gasteiger partial charge in [-0.15, -0.1) is 0 Å². The van der Waals surface area contributed by atoms with E-state index < -0.39 is 52.5 Å². The molecule has 7 rings (SSSR count). The van der Waals surface area contributed by atoms with Crippen LogP contribution in [0.4, 0.5) is 4.39 Å². The summed E-state index contributed by atoms with van der Waals surface area (Å²) in [5, 5.41) is 13.6. The molecule has 0 bridgehead atoms. The number of ketones is 2. The van der Waals surface area contributed by atoms with Crippen LogP contribution in [0.15, 0.2) is 96.6 Å². The third-order valence-electron chi connectivity index (χ3n) is 9.55. The van der Waals surface area contributed by atoms with E-state index in [9.17, 15) is 28.7 Å². The Morgan fingerprint density at radius 1 is 0.829 bits per heavy atom. The van der Waals surface area contributed by atoms with E-state index in [2.05, 4.69) is 5.32 Å². The summed E-state index contributed by atoms with van der Waals surface area (Å²) < 4.78 is 15.0. The molecular formula is C34H26FNO5. The summed E-state index contributed by atoms with van der Waals surface area (Å²) in [6, 6.07) is 22.1. The lowest BCUT2D eigenvalue weighted by atomic mass is 9.44. The molecule has 3 aliphatic carbocycles. The summed E-state index contributed by atoms with van der Waals surface area (Å²) in [7, 11) is 0. The standard InChI is InChI=1S/C34H26FNO5/c35-26-13-7-12-22(31(26)39)29-20-14-15-21-28(33(41)36-32(21)40)24(20)16-25-30(38)23(18-8-3-1-4-9-18)17-27(37)34(25,29)19-10-5-2-6-11-19/h1-14,17,21,24-25,28-29,39H,15-16H2,(H,36,40,41). The highest BCUT2D eigenvalue weighted by atomic mass is 19.1. The summed E-state index contributed by atoms with van der Waals surface area (Å²) in [5.74, 6) is -6.52. The first-order valence-electron chi connectivity index (χ1n) is 13.8. The molecule has 2 fully saturated rings. The molecule has 6 nitrogen and oxygen atoms in total. The van der Waals surface area contributed by atoms with Gasteiger partial charge in [-0.2, -0.15) is 0 Å². The molecule has 0 aromatic heterocycles. The number of para-hydroxylation sites is 1. The molecule has 3 aromatic rings. The molecule has 3 aromatic carbocycles. The highest BCUT2D eigenvalue weighted by Crippen LogP contribution is 2.64. The van der Waals surface area contributed by atoms with Crippen molar-refractivity contribution in [2.24, 2.45) is 23.7 Å². The van der Waals surface area contributed by atoms with Crippen molar-refractivity contribution in [2.45, 2.75) is 24.2 Å². The van der Waals surface area contributed by atoms with Gasteiger partial charge in [0.25, 0.3) is 0 Å². The molecule has 1 saturated carbocycles. The number of hydrogen-bond donors (Lipinski definition) is 2. The van der Waals surface area contributed by atoms with Crippen molar-refractivity contribution in [3.05, 3.63) is 119 Å². The first kappa shape index (κ1) is 25.3. The SMILES string of the molecule is O=C1NC(=O)C2C1CC=C1C2CC2C(=O)C(c3ccccc3)=CC(=O)C2(c2ccccc2)C1c1cccc(F)c1O. The van der Waals surface area contributed by atoms with Crippen LogP contribution in [0.3, 0.4) is 0 Å². The number of carbonyl (C=O) groups is 4. The van der Waals surface area contributed by atoms with Gasteiger partial charge < -0.3 is 5.11 Å². The smallest absolute Gasteiger partial charge is 0.231 e. The lowest BCUT2D eigenvalue weighted by Crippen LogP contribution is -2.58. The first-order valence-corrected chi connectivity index (χ1v) is 13.8. The van der Waals surface area contributed by atoms with Crippen LogP contribution in [-0.4, -0.2) is 28.5 Å². The molecule has 6 unspecified atom stereocenters. The molecule has 2 amide bonds. The lowest BCUT2D eigenvalue weighted by molar-refractivity contribution is -0.135. The second kappa shape index (κ2) is 9.20. The average molecular weight is 548 g/mol. The van der Waals surface area contributed by atoms with Crippen LogP contribution in [-0.2, 0) is 24.6 Å². The largest absolute Gasteiger partial charge is 0.505 e. The van der Waals surface area contributed by atoms with Crippen molar-refractivity contribution < 1.29 is 28.7 Å². The van der Waals surface area contributed by atoms with Crippen molar-refractivity contribution >= 4 is 29.0 Å². The minimum absolute atomic E-state index is 0.157. The van der Waals surface area contributed by atoms with Crippen LogP contribution in [0.5, 0.6) is 5.75 Å². The van der Waals surface area contributed by atoms with Crippen molar-refractivity contribution in [3.63, 3.8) is 0 Å². The summed E-state index contributed by atoms with van der Waals surface area (Å²) in [6.07, 6.45) is 3.68. The summed E-state index contributed by atoms with van der Waals surface area (Å²) >= 11 is 0. The van der Waals surface area contributed by atoms with Gasteiger partial charge >= 0.3 is 0 Å². The van der Waals surface area contributed by atoms with Gasteiger partial charge in [0, 0.05) is 23.0 Å². The number of benzene rings is 3. The van der Waals surface area contributed by atoms with Crippen molar-refractivity contribution in [3.8, 4) is 5.75 Å². The highest BCUT2D eigenvalue weighted by molar-refractivity contribution is 6.31. The monoisotopic (exact) mass is 547 g/mol. The van der Waals surface area contributed by atoms with E-state index in [-0.39, 0.29) is 41.5 Å². The van der Waals surface area contributed by atoms with Crippen LogP contribution in [0.1, 0.15) is 35.4 Å². The molecule has 7 heteroatoms. The minimum atomic E-state index is -1.50. The second-order valence-corrected chi connectivity index (χ2v) is 11.3. The summed E-state index contributed by atoms with van der Waals surface area (Å²) in [4.78, 5) is 55.1. The number of aromatic hydroxyl groups is 1. The van der Waals surface area contributed by atoms with Gasteiger partial charge in [0.2, 0.25) is 11.8 Å². The number of nitrogens with one attached hydrogen (secondary N) is 1. The van der Waals surface area contributed by atoms with E-state index >= 15 is 0 Å². The van der Waals surface area contributed by atoms with Crippen molar-refractivity contribution in [1.82, 2.24) is 5.32 Å². The van der Waals surface area contributed by atoms with E-state index in [0.717, 1.165) is 6.07 Å². The Balaban J connectivity index is 1.55. The van der Waals surface area contributed by atoms with E-state index in [1.54, 1.807) is 54.6 Å². The Hall–Kier alpha value is -4.65. The number of amides is 2. The maximum atomic E-state index is 15.0. The zero-order chi connectivity index (χ0) is 28.5. The van der Waals surface area contributed by atoms with Gasteiger partial charge in [-0.1, -0.05) is 84.4 Å². The second-order valence-electron chi connectivity index (χ2n) is 11.3. The summed E-state index contributed by atoms with van der Waals surface area (Å²) in [5.41, 5.74) is 0.811. The minimum Gasteiger partial charge on any atom is -0.505 e. The quantitative estimate of drug-likeness (QED) is 0.368. The number of rotatable bonds is 3. The molecule has 41 heavy (non-hydrogen) atoms. The zero-order valence-corrected chi connectivity index (χ0v) is 21.9. The molecule has 4 aliphatic rings. The maximum absolute atomic E-state index is 15.0. The third-order valence-corrected chi connectivity index (χ3v) is 9.55. The van der Waals surface area contributed by atoms with Crippen molar-refractivity contribution in [1.29, 1.82) is 0 Å². The van der Waals surface area contributed by atoms with E-state index in [1.165, 1.54) is 12.1 Å². The van der Waals surface area contributed by atoms with E-state index in [1.807, 2.05) is 18.2 Å². The third kappa shape index (κ3) is 3.48. The van der Waals surface area contributed by atoms with E-state index in [4.69, 9.17) is 0 Å². The predicted octanol–water partition coefficient (Wildman–Crippen LogP) is 4.64. The number of halogens is 1. The molecule has 1 aliphatic heterocycles. The molecule has 204 valence electrons. The zero-order valence-electron chi connectivity index (χ0n) is 21.9. The van der Waals surface area contributed by atoms with E-state index in [0.29, 0.717) is 16.7 Å². The lowest BCUT2D eigenvalue weighted by Gasteiger charge is -2.55.